The Hall–Kier alpha value is -1.29. The molecule has 0 aliphatic rings. The summed E-state index contributed by atoms with van der Waals surface area (Å²) in [6.07, 6.45) is 0. The number of carbonyl (C=O) groups excluding carboxylic acids is 1. The monoisotopic (exact) mass is 216 g/mol. The molecule has 0 heterocycles. The number of hydrogen-bond donors (Lipinski definition) is 2. The highest BCUT2D eigenvalue weighted by atomic mass is 35.5. The zero-order chi connectivity index (χ0) is 10.6. The highest BCUT2D eigenvalue weighted by molar-refractivity contribution is 6.33. The number of carbonyl (C=O) groups is 1. The van der Waals surface area contributed by atoms with Crippen molar-refractivity contribution in [3.63, 3.8) is 0 Å². The molecule has 2 N–H and O–H groups in total. The summed E-state index contributed by atoms with van der Waals surface area (Å²) in [5.74, 6) is -0.434. The van der Waals surface area contributed by atoms with Gasteiger partial charge in [-0.05, 0) is 25.1 Å². The number of urea groups is 1. The minimum atomic E-state index is -0.434. The van der Waals surface area contributed by atoms with Gasteiger partial charge in [0.1, 0.15) is 5.82 Å². The van der Waals surface area contributed by atoms with Crippen molar-refractivity contribution in [2.24, 2.45) is 0 Å². The molecule has 0 spiro atoms. The molecule has 0 atom stereocenters. The second-order valence-corrected chi connectivity index (χ2v) is 3.02. The van der Waals surface area contributed by atoms with Crippen LogP contribution in [0.5, 0.6) is 0 Å². The van der Waals surface area contributed by atoms with Crippen LogP contribution in [-0.2, 0) is 0 Å². The summed E-state index contributed by atoms with van der Waals surface area (Å²) in [5.41, 5.74) is 0.388. The number of hydrogen-bond acceptors (Lipinski definition) is 1. The SMILES string of the molecule is CCNC(=O)Nc1ccc(F)cc1Cl. The fourth-order valence-corrected chi connectivity index (χ4v) is 1.13. The number of halogens is 2. The quantitative estimate of drug-likeness (QED) is 0.784. The average molecular weight is 217 g/mol. The maximum atomic E-state index is 12.6. The van der Waals surface area contributed by atoms with E-state index < -0.39 is 5.82 Å². The Morgan fingerprint density at radius 2 is 2.29 bits per heavy atom. The van der Waals surface area contributed by atoms with Gasteiger partial charge in [-0.2, -0.15) is 0 Å². The minimum Gasteiger partial charge on any atom is -0.338 e. The lowest BCUT2D eigenvalue weighted by atomic mass is 10.3. The van der Waals surface area contributed by atoms with Crippen LogP contribution >= 0.6 is 11.6 Å². The van der Waals surface area contributed by atoms with E-state index in [0.717, 1.165) is 6.07 Å². The van der Waals surface area contributed by atoms with Gasteiger partial charge in [0.05, 0.1) is 10.7 Å². The number of nitrogens with one attached hydrogen (secondary N) is 2. The van der Waals surface area contributed by atoms with Crippen LogP contribution in [0.4, 0.5) is 14.9 Å². The maximum Gasteiger partial charge on any atom is 0.319 e. The number of rotatable bonds is 2. The van der Waals surface area contributed by atoms with Crippen LogP contribution in [0.3, 0.4) is 0 Å². The zero-order valence-electron chi connectivity index (χ0n) is 7.60. The standard InChI is InChI=1S/C9H10ClFN2O/c1-2-12-9(14)13-8-4-3-6(11)5-7(8)10/h3-5H,2H2,1H3,(H2,12,13,14). The lowest BCUT2D eigenvalue weighted by molar-refractivity contribution is 0.252. The summed E-state index contributed by atoms with van der Waals surface area (Å²) < 4.78 is 12.6. The molecule has 3 nitrogen and oxygen atoms in total. The van der Waals surface area contributed by atoms with Crippen molar-refractivity contribution in [1.82, 2.24) is 5.32 Å². The Bertz CT molecular complexity index is 344. The lowest BCUT2D eigenvalue weighted by Gasteiger charge is -2.07. The summed E-state index contributed by atoms with van der Waals surface area (Å²) in [6.45, 7) is 2.32. The number of amides is 2. The maximum absolute atomic E-state index is 12.6. The molecule has 0 saturated carbocycles. The first-order chi connectivity index (χ1) is 6.63. The van der Waals surface area contributed by atoms with Crippen LogP contribution < -0.4 is 10.6 Å². The third-order valence-electron chi connectivity index (χ3n) is 1.52. The zero-order valence-corrected chi connectivity index (χ0v) is 8.36. The molecule has 0 fully saturated rings. The molecular formula is C9H10ClFN2O. The molecule has 1 aromatic carbocycles. The van der Waals surface area contributed by atoms with Crippen molar-refractivity contribution >= 4 is 23.3 Å². The highest BCUT2D eigenvalue weighted by Gasteiger charge is 2.04. The van der Waals surface area contributed by atoms with Crippen molar-refractivity contribution in [2.75, 3.05) is 11.9 Å². The first-order valence-electron chi connectivity index (χ1n) is 4.13. The van der Waals surface area contributed by atoms with Gasteiger partial charge in [0.25, 0.3) is 0 Å². The molecule has 14 heavy (non-hydrogen) atoms. The van der Waals surface area contributed by atoms with Gasteiger partial charge in [0, 0.05) is 6.54 Å². The topological polar surface area (TPSA) is 41.1 Å². The van der Waals surface area contributed by atoms with Gasteiger partial charge in [0.15, 0.2) is 0 Å². The van der Waals surface area contributed by atoms with Crippen LogP contribution in [0.1, 0.15) is 6.92 Å². The summed E-state index contributed by atoms with van der Waals surface area (Å²) in [6, 6.07) is 3.42. The summed E-state index contributed by atoms with van der Waals surface area (Å²) in [5, 5.41) is 5.20. The molecular weight excluding hydrogens is 207 g/mol. The van der Waals surface area contributed by atoms with Gasteiger partial charge in [0.2, 0.25) is 0 Å². The van der Waals surface area contributed by atoms with Crippen LogP contribution in [0.25, 0.3) is 0 Å². The fourth-order valence-electron chi connectivity index (χ4n) is 0.918. The van der Waals surface area contributed by atoms with Crippen molar-refractivity contribution in [3.8, 4) is 0 Å². The van der Waals surface area contributed by atoms with Gasteiger partial charge >= 0.3 is 6.03 Å². The second-order valence-electron chi connectivity index (χ2n) is 2.61. The molecule has 0 bridgehead atoms. The third-order valence-corrected chi connectivity index (χ3v) is 1.83. The number of anilines is 1. The normalized spacial score (nSPS) is 9.64. The van der Waals surface area contributed by atoms with Crippen LogP contribution in [0.15, 0.2) is 18.2 Å². The Balaban J connectivity index is 2.72. The largest absolute Gasteiger partial charge is 0.338 e. The summed E-state index contributed by atoms with van der Waals surface area (Å²) >= 11 is 5.69. The van der Waals surface area contributed by atoms with E-state index >= 15 is 0 Å². The van der Waals surface area contributed by atoms with Gasteiger partial charge in [-0.15, -0.1) is 0 Å². The first kappa shape index (κ1) is 10.8. The molecule has 1 rings (SSSR count). The van der Waals surface area contributed by atoms with Gasteiger partial charge in [-0.3, -0.25) is 0 Å². The van der Waals surface area contributed by atoms with Crippen molar-refractivity contribution in [2.45, 2.75) is 6.92 Å². The molecule has 5 heteroatoms. The Labute approximate surface area is 86.3 Å². The van der Waals surface area contributed by atoms with E-state index in [2.05, 4.69) is 10.6 Å². The van der Waals surface area contributed by atoms with Crippen LogP contribution in [0.2, 0.25) is 5.02 Å². The first-order valence-corrected chi connectivity index (χ1v) is 4.51. The Morgan fingerprint density at radius 3 is 2.86 bits per heavy atom. The van der Waals surface area contributed by atoms with Crippen molar-refractivity contribution in [3.05, 3.63) is 29.0 Å². The molecule has 0 unspecified atom stereocenters. The predicted molar refractivity (Wildman–Crippen MR) is 54.1 cm³/mol. The van der Waals surface area contributed by atoms with Gasteiger partial charge < -0.3 is 10.6 Å². The molecule has 2 amide bonds. The highest BCUT2D eigenvalue weighted by Crippen LogP contribution is 2.21. The van der Waals surface area contributed by atoms with E-state index in [0.29, 0.717) is 12.2 Å². The van der Waals surface area contributed by atoms with Gasteiger partial charge in [-0.1, -0.05) is 11.6 Å². The minimum absolute atomic E-state index is 0.177. The molecule has 0 aliphatic heterocycles. The van der Waals surface area contributed by atoms with Crippen molar-refractivity contribution < 1.29 is 9.18 Å². The third kappa shape index (κ3) is 2.88. The molecule has 0 aromatic heterocycles. The number of benzene rings is 1. The summed E-state index contributed by atoms with van der Waals surface area (Å²) in [4.78, 5) is 11.1. The fraction of sp³-hybridized carbons (Fsp3) is 0.222. The van der Waals surface area contributed by atoms with Crippen molar-refractivity contribution in [1.29, 1.82) is 0 Å². The average Bonchev–Trinajstić information content (AvgIpc) is 2.10. The Kier molecular flexibility index (Phi) is 3.71. The van der Waals surface area contributed by atoms with E-state index in [1.54, 1.807) is 6.92 Å². The van der Waals surface area contributed by atoms with E-state index in [-0.39, 0.29) is 11.1 Å². The molecule has 0 saturated heterocycles. The second kappa shape index (κ2) is 4.81. The molecule has 76 valence electrons. The Morgan fingerprint density at radius 1 is 1.57 bits per heavy atom. The van der Waals surface area contributed by atoms with E-state index in [4.69, 9.17) is 11.6 Å². The van der Waals surface area contributed by atoms with Crippen LogP contribution in [0, 0.1) is 5.82 Å². The molecule has 0 radical (unpaired) electrons. The predicted octanol–water partition coefficient (Wildman–Crippen LogP) is 2.62. The van der Waals surface area contributed by atoms with Crippen LogP contribution in [-0.4, -0.2) is 12.6 Å². The van der Waals surface area contributed by atoms with E-state index in [1.165, 1.54) is 12.1 Å². The molecule has 1 aromatic rings. The van der Waals surface area contributed by atoms with E-state index in [1.807, 2.05) is 0 Å². The summed E-state index contributed by atoms with van der Waals surface area (Å²) in [7, 11) is 0. The van der Waals surface area contributed by atoms with E-state index in [9.17, 15) is 9.18 Å². The lowest BCUT2D eigenvalue weighted by Crippen LogP contribution is -2.28. The van der Waals surface area contributed by atoms with Gasteiger partial charge in [-0.25, -0.2) is 9.18 Å². The molecule has 0 aliphatic carbocycles. The smallest absolute Gasteiger partial charge is 0.319 e.